The molecule has 0 unspecified atom stereocenters. The molecule has 0 saturated heterocycles. The Hall–Kier alpha value is -1.74. The molecular formula is C14H9BrN2. The third-order valence-corrected chi connectivity index (χ3v) is 3.13. The van der Waals surface area contributed by atoms with E-state index in [2.05, 4.69) is 38.0 Å². The highest BCUT2D eigenvalue weighted by Gasteiger charge is 2.05. The molecular weight excluding hydrogens is 276 g/mol. The summed E-state index contributed by atoms with van der Waals surface area (Å²) >= 11 is 3.48. The Bertz CT molecular complexity index is 674. The molecule has 0 aliphatic heterocycles. The molecule has 0 atom stereocenters. The van der Waals surface area contributed by atoms with E-state index < -0.39 is 0 Å². The maximum absolute atomic E-state index is 4.39. The van der Waals surface area contributed by atoms with Crippen molar-refractivity contribution in [3.63, 3.8) is 0 Å². The SMILES string of the molecule is Brc1cccc(-c2ncnc3ccccc23)c1. The normalized spacial score (nSPS) is 10.6. The Morgan fingerprint density at radius 3 is 2.65 bits per heavy atom. The molecule has 3 aromatic rings. The van der Waals surface area contributed by atoms with Crippen LogP contribution in [0, 0.1) is 0 Å². The summed E-state index contributed by atoms with van der Waals surface area (Å²) in [5.74, 6) is 0. The van der Waals surface area contributed by atoms with Gasteiger partial charge in [-0.25, -0.2) is 9.97 Å². The lowest BCUT2D eigenvalue weighted by Crippen LogP contribution is -1.88. The minimum atomic E-state index is 0.969. The van der Waals surface area contributed by atoms with Gasteiger partial charge in [0.15, 0.2) is 0 Å². The van der Waals surface area contributed by atoms with Crippen molar-refractivity contribution >= 4 is 26.8 Å². The third-order valence-electron chi connectivity index (χ3n) is 2.64. The summed E-state index contributed by atoms with van der Waals surface area (Å²) in [5, 5.41) is 1.08. The smallest absolute Gasteiger partial charge is 0.116 e. The van der Waals surface area contributed by atoms with Gasteiger partial charge in [0, 0.05) is 15.4 Å². The van der Waals surface area contributed by atoms with Crippen LogP contribution in [0.4, 0.5) is 0 Å². The van der Waals surface area contributed by atoms with Gasteiger partial charge in [0.1, 0.15) is 6.33 Å². The van der Waals surface area contributed by atoms with Crippen LogP contribution in [0.1, 0.15) is 0 Å². The fourth-order valence-corrected chi connectivity index (χ4v) is 2.27. The van der Waals surface area contributed by atoms with Gasteiger partial charge < -0.3 is 0 Å². The molecule has 0 amide bonds. The Balaban J connectivity index is 2.30. The molecule has 2 aromatic carbocycles. The molecule has 1 heterocycles. The first kappa shape index (κ1) is 10.4. The zero-order valence-electron chi connectivity index (χ0n) is 8.97. The van der Waals surface area contributed by atoms with E-state index in [0.29, 0.717) is 0 Å². The van der Waals surface area contributed by atoms with Crippen molar-refractivity contribution < 1.29 is 0 Å². The van der Waals surface area contributed by atoms with E-state index in [9.17, 15) is 0 Å². The topological polar surface area (TPSA) is 25.8 Å². The van der Waals surface area contributed by atoms with Crippen molar-refractivity contribution in [2.24, 2.45) is 0 Å². The summed E-state index contributed by atoms with van der Waals surface area (Å²) in [7, 11) is 0. The Kier molecular flexibility index (Phi) is 2.61. The third kappa shape index (κ3) is 1.94. The maximum atomic E-state index is 4.39. The molecule has 3 heteroatoms. The first-order chi connectivity index (χ1) is 8.34. The van der Waals surface area contributed by atoms with Crippen LogP contribution in [-0.4, -0.2) is 9.97 Å². The second-order valence-electron chi connectivity index (χ2n) is 3.75. The van der Waals surface area contributed by atoms with Gasteiger partial charge in [0.05, 0.1) is 11.2 Å². The number of hydrogen-bond donors (Lipinski definition) is 0. The highest BCUT2D eigenvalue weighted by Crippen LogP contribution is 2.26. The molecule has 0 N–H and O–H groups in total. The summed E-state index contributed by atoms with van der Waals surface area (Å²) < 4.78 is 1.05. The summed E-state index contributed by atoms with van der Waals surface area (Å²) in [4.78, 5) is 8.65. The molecule has 82 valence electrons. The molecule has 1 aromatic heterocycles. The van der Waals surface area contributed by atoms with Gasteiger partial charge in [-0.05, 0) is 18.2 Å². The molecule has 0 saturated carbocycles. The van der Waals surface area contributed by atoms with Crippen molar-refractivity contribution in [3.05, 3.63) is 59.3 Å². The number of fused-ring (bicyclic) bond motifs is 1. The summed E-state index contributed by atoms with van der Waals surface area (Å²) in [5.41, 5.74) is 3.03. The molecule has 0 radical (unpaired) electrons. The van der Waals surface area contributed by atoms with E-state index in [-0.39, 0.29) is 0 Å². The van der Waals surface area contributed by atoms with Crippen molar-refractivity contribution in [1.29, 1.82) is 0 Å². The average Bonchev–Trinajstić information content (AvgIpc) is 2.38. The number of benzene rings is 2. The van der Waals surface area contributed by atoms with E-state index in [1.54, 1.807) is 6.33 Å². The average molecular weight is 285 g/mol. The molecule has 0 fully saturated rings. The fourth-order valence-electron chi connectivity index (χ4n) is 1.87. The lowest BCUT2D eigenvalue weighted by atomic mass is 10.1. The molecule has 3 rings (SSSR count). The highest BCUT2D eigenvalue weighted by molar-refractivity contribution is 9.10. The monoisotopic (exact) mass is 284 g/mol. The first-order valence-electron chi connectivity index (χ1n) is 5.30. The van der Waals surface area contributed by atoms with E-state index >= 15 is 0 Å². The Morgan fingerprint density at radius 2 is 1.76 bits per heavy atom. The number of halogens is 1. The Morgan fingerprint density at radius 1 is 0.882 bits per heavy atom. The number of aromatic nitrogens is 2. The predicted molar refractivity (Wildman–Crippen MR) is 72.7 cm³/mol. The highest BCUT2D eigenvalue weighted by atomic mass is 79.9. The maximum Gasteiger partial charge on any atom is 0.116 e. The van der Waals surface area contributed by atoms with E-state index in [1.807, 2.05) is 36.4 Å². The lowest BCUT2D eigenvalue weighted by molar-refractivity contribution is 1.22. The van der Waals surface area contributed by atoms with Crippen LogP contribution in [0.25, 0.3) is 22.2 Å². The van der Waals surface area contributed by atoms with Crippen LogP contribution >= 0.6 is 15.9 Å². The quantitative estimate of drug-likeness (QED) is 0.673. The van der Waals surface area contributed by atoms with Crippen LogP contribution in [0.15, 0.2) is 59.3 Å². The van der Waals surface area contributed by atoms with Crippen LogP contribution < -0.4 is 0 Å². The van der Waals surface area contributed by atoms with Gasteiger partial charge in [-0.2, -0.15) is 0 Å². The van der Waals surface area contributed by atoms with Crippen LogP contribution in [0.2, 0.25) is 0 Å². The lowest BCUT2D eigenvalue weighted by Gasteiger charge is -2.05. The zero-order chi connectivity index (χ0) is 11.7. The second kappa shape index (κ2) is 4.26. The molecule has 0 bridgehead atoms. The molecule has 0 spiro atoms. The van der Waals surface area contributed by atoms with Gasteiger partial charge in [-0.3, -0.25) is 0 Å². The Labute approximate surface area is 107 Å². The van der Waals surface area contributed by atoms with Gasteiger partial charge in [-0.1, -0.05) is 46.3 Å². The van der Waals surface area contributed by atoms with Gasteiger partial charge in [0.25, 0.3) is 0 Å². The number of para-hydroxylation sites is 1. The van der Waals surface area contributed by atoms with Gasteiger partial charge in [0.2, 0.25) is 0 Å². The standard InChI is InChI=1S/C14H9BrN2/c15-11-5-3-4-10(8-11)14-12-6-1-2-7-13(12)16-9-17-14/h1-9H. The summed E-state index contributed by atoms with van der Waals surface area (Å²) in [6.45, 7) is 0. The fraction of sp³-hybridized carbons (Fsp3) is 0. The van der Waals surface area contributed by atoms with Crippen LogP contribution in [0.5, 0.6) is 0 Å². The molecule has 17 heavy (non-hydrogen) atoms. The van der Waals surface area contributed by atoms with Gasteiger partial charge >= 0.3 is 0 Å². The minimum absolute atomic E-state index is 0.969. The first-order valence-corrected chi connectivity index (χ1v) is 6.09. The predicted octanol–water partition coefficient (Wildman–Crippen LogP) is 4.06. The number of rotatable bonds is 1. The number of hydrogen-bond acceptors (Lipinski definition) is 2. The van der Waals surface area contributed by atoms with E-state index in [0.717, 1.165) is 26.6 Å². The minimum Gasteiger partial charge on any atom is -0.236 e. The van der Waals surface area contributed by atoms with Crippen LogP contribution in [-0.2, 0) is 0 Å². The van der Waals surface area contributed by atoms with Crippen molar-refractivity contribution in [3.8, 4) is 11.3 Å². The summed E-state index contributed by atoms with van der Waals surface area (Å²) in [6, 6.07) is 16.2. The van der Waals surface area contributed by atoms with Crippen LogP contribution in [0.3, 0.4) is 0 Å². The molecule has 2 nitrogen and oxygen atoms in total. The van der Waals surface area contributed by atoms with E-state index in [4.69, 9.17) is 0 Å². The van der Waals surface area contributed by atoms with E-state index in [1.165, 1.54) is 0 Å². The molecule has 0 aliphatic carbocycles. The van der Waals surface area contributed by atoms with Crippen molar-refractivity contribution in [1.82, 2.24) is 9.97 Å². The number of nitrogens with zero attached hydrogens (tertiary/aromatic N) is 2. The second-order valence-corrected chi connectivity index (χ2v) is 4.67. The largest absolute Gasteiger partial charge is 0.236 e. The molecule has 0 aliphatic rings. The van der Waals surface area contributed by atoms with Gasteiger partial charge in [-0.15, -0.1) is 0 Å². The van der Waals surface area contributed by atoms with Crippen molar-refractivity contribution in [2.75, 3.05) is 0 Å². The summed E-state index contributed by atoms with van der Waals surface area (Å²) in [6.07, 6.45) is 1.61. The zero-order valence-corrected chi connectivity index (χ0v) is 10.6. The van der Waals surface area contributed by atoms with Crippen molar-refractivity contribution in [2.45, 2.75) is 0 Å².